The second-order valence-electron chi connectivity index (χ2n) is 5.29. The lowest BCUT2D eigenvalue weighted by molar-refractivity contribution is 0.102. The minimum absolute atomic E-state index is 0.00834. The van der Waals surface area contributed by atoms with E-state index >= 15 is 0 Å². The number of aromatic nitrogens is 2. The maximum Gasteiger partial charge on any atom is 0.259 e. The first kappa shape index (κ1) is 13.5. The molecule has 0 unspecified atom stereocenters. The highest BCUT2D eigenvalue weighted by atomic mass is 32.1. The van der Waals surface area contributed by atoms with E-state index in [1.165, 1.54) is 31.1 Å². The van der Waals surface area contributed by atoms with Crippen molar-refractivity contribution in [1.82, 2.24) is 14.9 Å². The van der Waals surface area contributed by atoms with E-state index in [2.05, 4.69) is 14.9 Å². The molecular formula is C14H17N3O2S. The van der Waals surface area contributed by atoms with E-state index in [1.807, 2.05) is 6.92 Å². The number of aryl methyl sites for hydroxylation is 1. The van der Waals surface area contributed by atoms with Crippen LogP contribution in [0.1, 0.15) is 40.8 Å². The minimum atomic E-state index is -0.134. The molecule has 0 aliphatic carbocycles. The van der Waals surface area contributed by atoms with Crippen LogP contribution in [0.5, 0.6) is 0 Å². The molecule has 6 heteroatoms. The molecule has 0 spiro atoms. The predicted octanol–water partition coefficient (Wildman–Crippen LogP) is 2.09. The van der Waals surface area contributed by atoms with Crippen molar-refractivity contribution in [2.75, 3.05) is 13.1 Å². The number of hydrogen-bond donors (Lipinski definition) is 1. The highest BCUT2D eigenvalue weighted by molar-refractivity contribution is 7.20. The summed E-state index contributed by atoms with van der Waals surface area (Å²) in [4.78, 5) is 34.8. The molecule has 0 amide bonds. The second kappa shape index (κ2) is 5.10. The number of thiophene rings is 1. The van der Waals surface area contributed by atoms with E-state index in [1.54, 1.807) is 0 Å². The third kappa shape index (κ3) is 2.29. The summed E-state index contributed by atoms with van der Waals surface area (Å²) in [5.74, 6) is 0.687. The summed E-state index contributed by atoms with van der Waals surface area (Å²) in [5.41, 5.74) is 0.615. The van der Waals surface area contributed by atoms with E-state index in [-0.39, 0.29) is 11.3 Å². The molecule has 3 rings (SSSR count). The molecule has 1 aliphatic rings. The van der Waals surface area contributed by atoms with Crippen molar-refractivity contribution in [1.29, 1.82) is 0 Å². The molecule has 3 heterocycles. The molecule has 1 saturated heterocycles. The minimum Gasteiger partial charge on any atom is -0.309 e. The topological polar surface area (TPSA) is 66.1 Å². The zero-order chi connectivity index (χ0) is 14.3. The number of H-pyrrole nitrogens is 1. The van der Waals surface area contributed by atoms with Gasteiger partial charge in [0.05, 0.1) is 16.8 Å². The van der Waals surface area contributed by atoms with Crippen molar-refractivity contribution in [2.45, 2.75) is 33.2 Å². The summed E-state index contributed by atoms with van der Waals surface area (Å²) in [6, 6.07) is 0. The molecule has 106 valence electrons. The van der Waals surface area contributed by atoms with E-state index in [0.717, 1.165) is 18.7 Å². The van der Waals surface area contributed by atoms with Gasteiger partial charge in [0.1, 0.15) is 10.7 Å². The first-order valence-electron chi connectivity index (χ1n) is 6.82. The van der Waals surface area contributed by atoms with Crippen LogP contribution in [0.4, 0.5) is 0 Å². The second-order valence-corrected chi connectivity index (χ2v) is 6.29. The molecule has 1 aliphatic heterocycles. The number of fused-ring (bicyclic) bond motifs is 1. The molecule has 1 fully saturated rings. The Morgan fingerprint density at radius 2 is 2.10 bits per heavy atom. The number of likely N-dealkylation sites (tertiary alicyclic amines) is 1. The molecule has 5 nitrogen and oxygen atoms in total. The highest BCUT2D eigenvalue weighted by Crippen LogP contribution is 2.27. The van der Waals surface area contributed by atoms with Crippen LogP contribution in [0.15, 0.2) is 4.79 Å². The lowest BCUT2D eigenvalue weighted by Gasteiger charge is -2.13. The van der Waals surface area contributed by atoms with Gasteiger partial charge in [0.15, 0.2) is 5.78 Å². The molecule has 2 aromatic heterocycles. The summed E-state index contributed by atoms with van der Waals surface area (Å²) in [6.45, 7) is 6.13. The summed E-state index contributed by atoms with van der Waals surface area (Å²) in [7, 11) is 0. The number of nitrogens with zero attached hydrogens (tertiary/aromatic N) is 2. The van der Waals surface area contributed by atoms with Crippen LogP contribution in [0.25, 0.3) is 10.2 Å². The fourth-order valence-corrected chi connectivity index (χ4v) is 3.85. The normalized spacial score (nSPS) is 16.1. The first-order chi connectivity index (χ1) is 9.56. The smallest absolute Gasteiger partial charge is 0.259 e. The average Bonchev–Trinajstić information content (AvgIpc) is 2.97. The fraction of sp³-hybridized carbons (Fsp3) is 0.500. The van der Waals surface area contributed by atoms with Crippen molar-refractivity contribution < 1.29 is 4.79 Å². The maximum absolute atomic E-state index is 12.2. The van der Waals surface area contributed by atoms with Crippen LogP contribution in [-0.4, -0.2) is 33.7 Å². The van der Waals surface area contributed by atoms with Crippen LogP contribution in [0, 0.1) is 6.92 Å². The predicted molar refractivity (Wildman–Crippen MR) is 79.5 cm³/mol. The number of hydrogen-bond acceptors (Lipinski definition) is 5. The van der Waals surface area contributed by atoms with Crippen LogP contribution in [0.2, 0.25) is 0 Å². The lowest BCUT2D eigenvalue weighted by Crippen LogP contribution is -2.22. The zero-order valence-electron chi connectivity index (χ0n) is 11.7. The van der Waals surface area contributed by atoms with Gasteiger partial charge in [0, 0.05) is 0 Å². The van der Waals surface area contributed by atoms with Crippen LogP contribution in [-0.2, 0) is 6.54 Å². The lowest BCUT2D eigenvalue weighted by atomic mass is 10.2. The molecule has 0 aromatic carbocycles. The Bertz CT molecular complexity index is 726. The van der Waals surface area contributed by atoms with Gasteiger partial charge in [-0.1, -0.05) is 0 Å². The Balaban J connectivity index is 2.05. The van der Waals surface area contributed by atoms with Gasteiger partial charge in [-0.3, -0.25) is 14.5 Å². The van der Waals surface area contributed by atoms with E-state index in [9.17, 15) is 9.59 Å². The van der Waals surface area contributed by atoms with Crippen LogP contribution < -0.4 is 5.56 Å². The van der Waals surface area contributed by atoms with Gasteiger partial charge in [-0.05, 0) is 45.3 Å². The molecule has 0 radical (unpaired) electrons. The van der Waals surface area contributed by atoms with Gasteiger partial charge in [0.25, 0.3) is 5.56 Å². The third-order valence-corrected chi connectivity index (χ3v) is 5.03. The van der Waals surface area contributed by atoms with Crippen molar-refractivity contribution in [3.8, 4) is 0 Å². The number of ketones is 1. The van der Waals surface area contributed by atoms with E-state index in [0.29, 0.717) is 27.5 Å². The van der Waals surface area contributed by atoms with Crippen LogP contribution in [0.3, 0.4) is 0 Å². The Labute approximate surface area is 120 Å². The van der Waals surface area contributed by atoms with Gasteiger partial charge in [0.2, 0.25) is 0 Å². The molecule has 1 N–H and O–H groups in total. The summed E-state index contributed by atoms with van der Waals surface area (Å²) in [5, 5.41) is 0.561. The molecule has 0 atom stereocenters. The largest absolute Gasteiger partial charge is 0.309 e. The van der Waals surface area contributed by atoms with Crippen molar-refractivity contribution >= 4 is 27.3 Å². The number of carbonyl (C=O) groups excluding carboxylic acids is 1. The summed E-state index contributed by atoms with van der Waals surface area (Å²) in [6.07, 6.45) is 2.41. The number of rotatable bonds is 3. The van der Waals surface area contributed by atoms with Crippen molar-refractivity contribution in [2.24, 2.45) is 0 Å². The molecule has 2 aromatic rings. The quantitative estimate of drug-likeness (QED) is 0.879. The number of Topliss-reactive ketones (excluding diaryl/α,β-unsaturated/α-hetero) is 1. The third-order valence-electron chi connectivity index (χ3n) is 3.74. The Morgan fingerprint density at radius 3 is 2.75 bits per heavy atom. The van der Waals surface area contributed by atoms with Gasteiger partial charge >= 0.3 is 0 Å². The molecule has 0 bridgehead atoms. The molecule has 0 saturated carbocycles. The fourth-order valence-electron chi connectivity index (χ4n) is 2.75. The highest BCUT2D eigenvalue weighted by Gasteiger charge is 2.18. The molecule has 20 heavy (non-hydrogen) atoms. The van der Waals surface area contributed by atoms with E-state index in [4.69, 9.17) is 0 Å². The SMILES string of the molecule is CC(=O)c1sc2nc(CN3CCCC3)[nH]c(=O)c2c1C. The first-order valence-corrected chi connectivity index (χ1v) is 7.63. The summed E-state index contributed by atoms with van der Waals surface area (Å²) >= 11 is 1.32. The van der Waals surface area contributed by atoms with Gasteiger partial charge in [-0.2, -0.15) is 0 Å². The van der Waals surface area contributed by atoms with Gasteiger partial charge < -0.3 is 4.98 Å². The van der Waals surface area contributed by atoms with Crippen LogP contribution >= 0.6 is 11.3 Å². The van der Waals surface area contributed by atoms with Crippen molar-refractivity contribution in [3.05, 3.63) is 26.6 Å². The Kier molecular flexibility index (Phi) is 3.43. The monoisotopic (exact) mass is 291 g/mol. The molecular weight excluding hydrogens is 274 g/mol. The number of aromatic amines is 1. The zero-order valence-corrected chi connectivity index (χ0v) is 12.5. The average molecular weight is 291 g/mol. The Hall–Kier alpha value is -1.53. The standard InChI is InChI=1S/C14H17N3O2S/c1-8-11-13(19)15-10(7-17-5-3-4-6-17)16-14(11)20-12(8)9(2)18/h3-7H2,1-2H3,(H,15,16,19). The van der Waals surface area contributed by atoms with Crippen molar-refractivity contribution in [3.63, 3.8) is 0 Å². The van der Waals surface area contributed by atoms with Gasteiger partial charge in [-0.15, -0.1) is 11.3 Å². The number of nitrogens with one attached hydrogen (secondary N) is 1. The number of carbonyl (C=O) groups is 1. The van der Waals surface area contributed by atoms with E-state index < -0.39 is 0 Å². The maximum atomic E-state index is 12.2. The Morgan fingerprint density at radius 1 is 1.40 bits per heavy atom. The van der Waals surface area contributed by atoms with Gasteiger partial charge in [-0.25, -0.2) is 4.98 Å². The summed E-state index contributed by atoms with van der Waals surface area (Å²) < 4.78 is 0.